The molecule has 1 N–H and O–H groups in total. The van der Waals surface area contributed by atoms with Gasteiger partial charge in [-0.1, -0.05) is 19.1 Å². The number of nitrogens with zero attached hydrogens (tertiary/aromatic N) is 2. The van der Waals surface area contributed by atoms with Gasteiger partial charge < -0.3 is 5.32 Å². The Hall–Kier alpha value is -2.09. The first kappa shape index (κ1) is 19.7. The summed E-state index contributed by atoms with van der Waals surface area (Å²) in [5, 5.41) is 2.76. The molecular formula is C19H20F3N3OS. The number of rotatable bonds is 7. The Morgan fingerprint density at radius 1 is 1.26 bits per heavy atom. The van der Waals surface area contributed by atoms with Crippen LogP contribution in [0.25, 0.3) is 0 Å². The molecule has 0 bridgehead atoms. The Labute approximate surface area is 160 Å². The van der Waals surface area contributed by atoms with Crippen LogP contribution in [0.1, 0.15) is 53.3 Å². The fraction of sp³-hybridized carbons (Fsp3) is 0.421. The maximum absolute atomic E-state index is 13.1. The summed E-state index contributed by atoms with van der Waals surface area (Å²) in [7, 11) is 0. The lowest BCUT2D eigenvalue weighted by Crippen LogP contribution is -2.27. The van der Waals surface area contributed by atoms with Gasteiger partial charge in [0.05, 0.1) is 5.56 Å². The minimum Gasteiger partial charge on any atom is -0.352 e. The quantitative estimate of drug-likeness (QED) is 0.704. The molecule has 2 aromatic rings. The van der Waals surface area contributed by atoms with Crippen molar-refractivity contribution >= 4 is 17.7 Å². The smallest absolute Gasteiger partial charge is 0.352 e. The van der Waals surface area contributed by atoms with Gasteiger partial charge in [0.15, 0.2) is 0 Å². The number of hydrogen-bond acceptors (Lipinski definition) is 4. The first-order valence-corrected chi connectivity index (χ1v) is 9.82. The zero-order valence-electron chi connectivity index (χ0n) is 14.8. The van der Waals surface area contributed by atoms with Gasteiger partial charge in [-0.3, -0.25) is 4.79 Å². The largest absolute Gasteiger partial charge is 0.433 e. The molecule has 1 aromatic carbocycles. The van der Waals surface area contributed by atoms with Crippen molar-refractivity contribution in [2.24, 2.45) is 0 Å². The lowest BCUT2D eigenvalue weighted by molar-refractivity contribution is -0.141. The third kappa shape index (κ3) is 5.22. The summed E-state index contributed by atoms with van der Waals surface area (Å²) in [5.74, 6) is 0.802. The van der Waals surface area contributed by atoms with E-state index < -0.39 is 11.9 Å². The molecule has 0 spiro atoms. The van der Waals surface area contributed by atoms with Crippen molar-refractivity contribution in [3.63, 3.8) is 0 Å². The average molecular weight is 395 g/mol. The second kappa shape index (κ2) is 8.29. The molecule has 1 amide bonds. The predicted molar refractivity (Wildman–Crippen MR) is 97.9 cm³/mol. The highest BCUT2D eigenvalue weighted by Crippen LogP contribution is 2.40. The van der Waals surface area contributed by atoms with Crippen molar-refractivity contribution in [2.75, 3.05) is 12.3 Å². The van der Waals surface area contributed by atoms with Gasteiger partial charge in [-0.2, -0.15) is 13.2 Å². The van der Waals surface area contributed by atoms with Gasteiger partial charge >= 0.3 is 6.18 Å². The van der Waals surface area contributed by atoms with Crippen LogP contribution in [0.3, 0.4) is 0 Å². The molecule has 1 aliphatic rings. The van der Waals surface area contributed by atoms with Crippen molar-refractivity contribution in [1.29, 1.82) is 0 Å². The number of thioether (sulfide) groups is 1. The minimum absolute atomic E-state index is 0.0976. The Balaban J connectivity index is 1.67. The van der Waals surface area contributed by atoms with Crippen LogP contribution in [0.4, 0.5) is 13.2 Å². The molecule has 0 unspecified atom stereocenters. The van der Waals surface area contributed by atoms with Crippen LogP contribution in [0.2, 0.25) is 0 Å². The summed E-state index contributed by atoms with van der Waals surface area (Å²) in [5.41, 5.74) is 0.0988. The van der Waals surface area contributed by atoms with Crippen molar-refractivity contribution in [3.8, 4) is 0 Å². The lowest BCUT2D eigenvalue weighted by Gasteiger charge is -2.11. The Kier molecular flexibility index (Phi) is 6.04. The fourth-order valence-corrected chi connectivity index (χ4v) is 3.48. The van der Waals surface area contributed by atoms with Crippen molar-refractivity contribution in [1.82, 2.24) is 15.3 Å². The van der Waals surface area contributed by atoms with Gasteiger partial charge in [0.1, 0.15) is 11.5 Å². The van der Waals surface area contributed by atoms with Crippen LogP contribution in [0.5, 0.6) is 0 Å². The molecule has 27 heavy (non-hydrogen) atoms. The van der Waals surface area contributed by atoms with Crippen LogP contribution < -0.4 is 5.32 Å². The first-order chi connectivity index (χ1) is 12.9. The maximum Gasteiger partial charge on any atom is 0.433 e. The van der Waals surface area contributed by atoms with E-state index in [9.17, 15) is 18.0 Å². The Morgan fingerprint density at radius 2 is 2.00 bits per heavy atom. The number of aromatic nitrogens is 2. The highest BCUT2D eigenvalue weighted by molar-refractivity contribution is 7.99. The number of benzene rings is 1. The topological polar surface area (TPSA) is 54.9 Å². The van der Waals surface area contributed by atoms with E-state index in [1.54, 1.807) is 23.9 Å². The van der Waals surface area contributed by atoms with E-state index in [4.69, 9.17) is 0 Å². The van der Waals surface area contributed by atoms with Gasteiger partial charge in [-0.05, 0) is 36.8 Å². The SMILES string of the molecule is CCSc1ccccc1C(=O)NCCc1nc(C2CC2)cc(C(F)(F)F)n1. The third-order valence-corrected chi connectivity index (χ3v) is 5.10. The zero-order chi connectivity index (χ0) is 19.4. The summed E-state index contributed by atoms with van der Waals surface area (Å²) in [6.07, 6.45) is -2.63. The summed E-state index contributed by atoms with van der Waals surface area (Å²) >= 11 is 1.57. The van der Waals surface area contributed by atoms with Gasteiger partial charge in [0, 0.05) is 29.5 Å². The standard InChI is InChI=1S/C19H20F3N3OS/c1-2-27-15-6-4-3-5-13(15)18(26)23-10-9-17-24-14(12-7-8-12)11-16(25-17)19(20,21)22/h3-6,11-12H,2,7-10H2,1H3,(H,23,26). The second-order valence-electron chi connectivity index (χ2n) is 6.30. The summed E-state index contributed by atoms with van der Waals surface area (Å²) < 4.78 is 39.2. The highest BCUT2D eigenvalue weighted by Gasteiger charge is 2.35. The molecular weight excluding hydrogens is 375 g/mol. The number of amides is 1. The van der Waals surface area contributed by atoms with Gasteiger partial charge in [-0.15, -0.1) is 11.8 Å². The summed E-state index contributed by atoms with van der Waals surface area (Å²) in [4.78, 5) is 21.2. The van der Waals surface area contributed by atoms with E-state index >= 15 is 0 Å². The molecule has 1 aromatic heterocycles. The fourth-order valence-electron chi connectivity index (χ4n) is 2.68. The molecule has 0 saturated heterocycles. The van der Waals surface area contributed by atoms with Crippen LogP contribution >= 0.6 is 11.8 Å². The number of hydrogen-bond donors (Lipinski definition) is 1. The van der Waals surface area contributed by atoms with E-state index in [-0.39, 0.29) is 30.6 Å². The Morgan fingerprint density at radius 3 is 2.67 bits per heavy atom. The molecule has 4 nitrogen and oxygen atoms in total. The molecule has 0 radical (unpaired) electrons. The molecule has 1 saturated carbocycles. The van der Waals surface area contributed by atoms with Gasteiger partial charge in [0.2, 0.25) is 0 Å². The van der Waals surface area contributed by atoms with Crippen LogP contribution in [0, 0.1) is 0 Å². The molecule has 0 aliphatic heterocycles. The van der Waals surface area contributed by atoms with E-state index in [1.807, 2.05) is 19.1 Å². The molecule has 1 aliphatic carbocycles. The van der Waals surface area contributed by atoms with Crippen molar-refractivity contribution in [3.05, 3.63) is 53.1 Å². The molecule has 3 rings (SSSR count). The van der Waals surface area contributed by atoms with E-state index in [1.165, 1.54) is 0 Å². The number of halogens is 3. The van der Waals surface area contributed by atoms with Crippen LogP contribution in [-0.2, 0) is 12.6 Å². The molecule has 8 heteroatoms. The highest BCUT2D eigenvalue weighted by atomic mass is 32.2. The normalized spacial score (nSPS) is 14.2. The number of carbonyl (C=O) groups excluding carboxylic acids is 1. The monoisotopic (exact) mass is 395 g/mol. The maximum atomic E-state index is 13.1. The predicted octanol–water partition coefficient (Wildman–Crippen LogP) is 4.46. The van der Waals surface area contributed by atoms with Crippen LogP contribution in [0.15, 0.2) is 35.2 Å². The van der Waals surface area contributed by atoms with E-state index in [0.717, 1.165) is 29.6 Å². The van der Waals surface area contributed by atoms with Crippen molar-refractivity contribution < 1.29 is 18.0 Å². The lowest BCUT2D eigenvalue weighted by atomic mass is 10.2. The van der Waals surface area contributed by atoms with Crippen LogP contribution in [-0.4, -0.2) is 28.2 Å². The molecule has 144 valence electrons. The third-order valence-electron chi connectivity index (χ3n) is 4.14. The average Bonchev–Trinajstić information content (AvgIpc) is 3.46. The van der Waals surface area contributed by atoms with E-state index in [0.29, 0.717) is 11.3 Å². The Bertz CT molecular complexity index is 822. The number of alkyl halides is 3. The number of nitrogens with one attached hydrogen (secondary N) is 1. The second-order valence-corrected chi connectivity index (χ2v) is 7.61. The minimum atomic E-state index is -4.50. The molecule has 0 atom stereocenters. The molecule has 1 fully saturated rings. The number of carbonyl (C=O) groups is 1. The van der Waals surface area contributed by atoms with Gasteiger partial charge in [-0.25, -0.2) is 9.97 Å². The summed E-state index contributed by atoms with van der Waals surface area (Å²) in [6.45, 7) is 2.18. The first-order valence-electron chi connectivity index (χ1n) is 8.83. The zero-order valence-corrected chi connectivity index (χ0v) is 15.7. The van der Waals surface area contributed by atoms with E-state index in [2.05, 4.69) is 15.3 Å². The summed E-state index contributed by atoms with van der Waals surface area (Å²) in [6, 6.07) is 8.30. The van der Waals surface area contributed by atoms with Gasteiger partial charge in [0.25, 0.3) is 5.91 Å². The van der Waals surface area contributed by atoms with Crippen molar-refractivity contribution in [2.45, 2.75) is 43.2 Å². The molecule has 1 heterocycles.